The van der Waals surface area contributed by atoms with Crippen molar-refractivity contribution in [2.45, 2.75) is 53.3 Å². The van der Waals surface area contributed by atoms with E-state index >= 15 is 0 Å². The predicted octanol–water partition coefficient (Wildman–Crippen LogP) is 3.40. The Hall–Kier alpha value is -2.60. The SMILES string of the molecule is CCNC(=NCc1ccc(Cn2ccccc2=O)cc1)NCCC(OCC)C(C)C. The summed E-state index contributed by atoms with van der Waals surface area (Å²) in [5.41, 5.74) is 2.24. The van der Waals surface area contributed by atoms with Gasteiger partial charge in [-0.25, -0.2) is 4.99 Å². The molecule has 2 rings (SSSR count). The maximum atomic E-state index is 11.9. The van der Waals surface area contributed by atoms with Gasteiger partial charge in [0.1, 0.15) is 0 Å². The molecule has 0 fully saturated rings. The quantitative estimate of drug-likeness (QED) is 0.438. The van der Waals surface area contributed by atoms with E-state index in [1.807, 2.05) is 19.2 Å². The van der Waals surface area contributed by atoms with E-state index in [1.165, 1.54) is 0 Å². The van der Waals surface area contributed by atoms with Crippen LogP contribution in [0, 0.1) is 5.92 Å². The Kier molecular flexibility index (Phi) is 10.1. The lowest BCUT2D eigenvalue weighted by Crippen LogP contribution is -2.39. The summed E-state index contributed by atoms with van der Waals surface area (Å²) in [6.45, 7) is 12.0. The van der Waals surface area contributed by atoms with Crippen molar-refractivity contribution < 1.29 is 4.74 Å². The molecule has 1 atom stereocenters. The second-order valence-electron chi connectivity index (χ2n) is 7.63. The number of hydrogen-bond acceptors (Lipinski definition) is 3. The largest absolute Gasteiger partial charge is 0.378 e. The zero-order chi connectivity index (χ0) is 21.8. The molecule has 1 heterocycles. The number of guanidine groups is 1. The van der Waals surface area contributed by atoms with Crippen molar-refractivity contribution in [2.75, 3.05) is 19.7 Å². The van der Waals surface area contributed by atoms with Crippen LogP contribution in [0.4, 0.5) is 0 Å². The third kappa shape index (κ3) is 8.03. The van der Waals surface area contributed by atoms with Gasteiger partial charge >= 0.3 is 0 Å². The van der Waals surface area contributed by atoms with Crippen molar-refractivity contribution in [3.05, 3.63) is 70.1 Å². The van der Waals surface area contributed by atoms with Gasteiger partial charge < -0.3 is 19.9 Å². The highest BCUT2D eigenvalue weighted by Crippen LogP contribution is 2.10. The van der Waals surface area contributed by atoms with Crippen molar-refractivity contribution in [1.29, 1.82) is 0 Å². The van der Waals surface area contributed by atoms with Gasteiger partial charge in [0, 0.05) is 32.0 Å². The number of ether oxygens (including phenoxy) is 1. The van der Waals surface area contributed by atoms with Crippen LogP contribution in [0.5, 0.6) is 0 Å². The molecule has 2 aromatic rings. The molecule has 0 spiro atoms. The van der Waals surface area contributed by atoms with Gasteiger partial charge in [0.25, 0.3) is 5.56 Å². The molecule has 6 nitrogen and oxygen atoms in total. The molecular formula is C24H36N4O2. The molecule has 1 aromatic heterocycles. The van der Waals surface area contributed by atoms with Gasteiger partial charge in [0.15, 0.2) is 5.96 Å². The third-order valence-electron chi connectivity index (χ3n) is 4.88. The van der Waals surface area contributed by atoms with Gasteiger partial charge in [0.2, 0.25) is 0 Å². The number of aliphatic imine (C=N–C) groups is 1. The average molecular weight is 413 g/mol. The van der Waals surface area contributed by atoms with Crippen LogP contribution >= 0.6 is 0 Å². The minimum Gasteiger partial charge on any atom is -0.378 e. The van der Waals surface area contributed by atoms with Gasteiger partial charge in [-0.05, 0) is 43.4 Å². The highest BCUT2D eigenvalue weighted by molar-refractivity contribution is 5.79. The van der Waals surface area contributed by atoms with Gasteiger partial charge in [-0.1, -0.05) is 44.2 Å². The molecule has 6 heteroatoms. The Bertz CT molecular complexity index is 828. The van der Waals surface area contributed by atoms with Crippen LogP contribution in [0.2, 0.25) is 0 Å². The maximum Gasteiger partial charge on any atom is 0.250 e. The van der Waals surface area contributed by atoms with Crippen LogP contribution in [0.1, 0.15) is 45.2 Å². The number of pyridine rings is 1. The molecule has 0 bridgehead atoms. The van der Waals surface area contributed by atoms with Crippen molar-refractivity contribution in [3.63, 3.8) is 0 Å². The molecule has 0 amide bonds. The highest BCUT2D eigenvalue weighted by Gasteiger charge is 2.12. The molecule has 0 saturated carbocycles. The summed E-state index contributed by atoms with van der Waals surface area (Å²) in [5.74, 6) is 1.31. The lowest BCUT2D eigenvalue weighted by atomic mass is 10.0. The first-order valence-corrected chi connectivity index (χ1v) is 10.9. The Morgan fingerprint density at radius 1 is 1.07 bits per heavy atom. The summed E-state index contributed by atoms with van der Waals surface area (Å²) in [7, 11) is 0. The van der Waals surface area contributed by atoms with Gasteiger partial charge in [0.05, 0.1) is 19.2 Å². The Morgan fingerprint density at radius 2 is 1.80 bits per heavy atom. The Balaban J connectivity index is 1.90. The summed E-state index contributed by atoms with van der Waals surface area (Å²) in [5, 5.41) is 6.70. The number of rotatable bonds is 11. The van der Waals surface area contributed by atoms with E-state index < -0.39 is 0 Å². The molecular weight excluding hydrogens is 376 g/mol. The van der Waals surface area contributed by atoms with Crippen LogP contribution in [0.3, 0.4) is 0 Å². The number of aromatic nitrogens is 1. The van der Waals surface area contributed by atoms with Crippen LogP contribution in [0.15, 0.2) is 58.4 Å². The summed E-state index contributed by atoms with van der Waals surface area (Å²) in [6.07, 6.45) is 3.02. The second-order valence-corrected chi connectivity index (χ2v) is 7.63. The van der Waals surface area contributed by atoms with E-state index in [0.29, 0.717) is 19.0 Å². The monoisotopic (exact) mass is 412 g/mol. The molecule has 30 heavy (non-hydrogen) atoms. The van der Waals surface area contributed by atoms with E-state index in [4.69, 9.17) is 9.73 Å². The molecule has 0 aliphatic heterocycles. The summed E-state index contributed by atoms with van der Waals surface area (Å²) in [4.78, 5) is 16.6. The first kappa shape index (κ1) is 23.7. The van der Waals surface area contributed by atoms with Crippen molar-refractivity contribution in [2.24, 2.45) is 10.9 Å². The first-order chi connectivity index (χ1) is 14.5. The van der Waals surface area contributed by atoms with Crippen LogP contribution < -0.4 is 16.2 Å². The molecule has 1 unspecified atom stereocenters. The lowest BCUT2D eigenvalue weighted by molar-refractivity contribution is 0.0258. The summed E-state index contributed by atoms with van der Waals surface area (Å²) >= 11 is 0. The molecule has 1 aromatic carbocycles. The molecule has 164 valence electrons. The normalized spacial score (nSPS) is 12.8. The lowest BCUT2D eigenvalue weighted by Gasteiger charge is -2.21. The zero-order valence-corrected chi connectivity index (χ0v) is 18.7. The average Bonchev–Trinajstić information content (AvgIpc) is 2.74. The van der Waals surface area contributed by atoms with Crippen LogP contribution in [-0.2, 0) is 17.8 Å². The maximum absolute atomic E-state index is 11.9. The third-order valence-corrected chi connectivity index (χ3v) is 4.88. The second kappa shape index (κ2) is 12.9. The summed E-state index contributed by atoms with van der Waals surface area (Å²) in [6, 6.07) is 13.5. The van der Waals surface area contributed by atoms with E-state index in [1.54, 1.807) is 16.7 Å². The number of hydrogen-bond donors (Lipinski definition) is 2. The topological polar surface area (TPSA) is 67.7 Å². The molecule has 0 saturated heterocycles. The predicted molar refractivity (Wildman–Crippen MR) is 124 cm³/mol. The van der Waals surface area contributed by atoms with Gasteiger partial charge in [-0.3, -0.25) is 4.79 Å². The molecule has 0 aliphatic carbocycles. The number of nitrogens with one attached hydrogen (secondary N) is 2. The van der Waals surface area contributed by atoms with E-state index in [-0.39, 0.29) is 11.7 Å². The molecule has 0 radical (unpaired) electrons. The fourth-order valence-electron chi connectivity index (χ4n) is 3.21. The van der Waals surface area contributed by atoms with E-state index in [9.17, 15) is 4.79 Å². The number of nitrogens with zero attached hydrogens (tertiary/aromatic N) is 2. The number of benzene rings is 1. The minimum atomic E-state index is 0.0107. The fraction of sp³-hybridized carbons (Fsp3) is 0.500. The highest BCUT2D eigenvalue weighted by atomic mass is 16.5. The van der Waals surface area contributed by atoms with E-state index in [0.717, 1.165) is 43.2 Å². The summed E-state index contributed by atoms with van der Waals surface area (Å²) < 4.78 is 7.52. The van der Waals surface area contributed by atoms with Crippen molar-refractivity contribution in [1.82, 2.24) is 15.2 Å². The minimum absolute atomic E-state index is 0.0107. The van der Waals surface area contributed by atoms with Crippen molar-refractivity contribution >= 4 is 5.96 Å². The Labute approximate surface area is 180 Å². The Morgan fingerprint density at radius 3 is 2.43 bits per heavy atom. The standard InChI is InChI=1S/C24H36N4O2/c1-5-25-24(26-15-14-22(19(3)4)30-6-2)27-17-20-10-12-21(13-11-20)18-28-16-8-7-9-23(28)29/h7-13,16,19,22H,5-6,14-15,17-18H2,1-4H3,(H2,25,26,27). The van der Waals surface area contributed by atoms with Gasteiger partial charge in [-0.15, -0.1) is 0 Å². The van der Waals surface area contributed by atoms with Crippen molar-refractivity contribution in [3.8, 4) is 0 Å². The van der Waals surface area contributed by atoms with E-state index in [2.05, 4.69) is 55.7 Å². The van der Waals surface area contributed by atoms with Crippen LogP contribution in [-0.4, -0.2) is 36.3 Å². The molecule has 0 aliphatic rings. The smallest absolute Gasteiger partial charge is 0.250 e. The van der Waals surface area contributed by atoms with Crippen LogP contribution in [0.25, 0.3) is 0 Å². The van der Waals surface area contributed by atoms with Gasteiger partial charge in [-0.2, -0.15) is 0 Å². The zero-order valence-electron chi connectivity index (χ0n) is 18.7. The fourth-order valence-corrected chi connectivity index (χ4v) is 3.21. The first-order valence-electron chi connectivity index (χ1n) is 10.9. The molecule has 2 N–H and O–H groups in total.